The van der Waals surface area contributed by atoms with Crippen molar-refractivity contribution in [3.05, 3.63) is 29.5 Å². The fraction of sp³-hybridized carbons (Fsp3) is 0.182. The van der Waals surface area contributed by atoms with E-state index in [0.29, 0.717) is 5.82 Å². The molecule has 0 fully saturated rings. The number of phenolic OH excluding ortho intramolecular Hbond substituents is 1. The van der Waals surface area contributed by atoms with E-state index < -0.39 is 0 Å². The third-order valence-electron chi connectivity index (χ3n) is 2.40. The SMILES string of the molecule is Cc1cc(C)c(O)c(-c2cn[nH]c2N)c1. The van der Waals surface area contributed by atoms with Gasteiger partial charge in [0.1, 0.15) is 11.6 Å². The van der Waals surface area contributed by atoms with E-state index >= 15 is 0 Å². The average molecular weight is 203 g/mol. The first-order valence-corrected chi connectivity index (χ1v) is 4.69. The summed E-state index contributed by atoms with van der Waals surface area (Å²) < 4.78 is 0. The van der Waals surface area contributed by atoms with Crippen molar-refractivity contribution in [2.24, 2.45) is 0 Å². The molecule has 1 aromatic carbocycles. The van der Waals surface area contributed by atoms with Crippen molar-refractivity contribution in [1.82, 2.24) is 10.2 Å². The third kappa shape index (κ3) is 1.54. The van der Waals surface area contributed by atoms with Crippen LogP contribution in [0.25, 0.3) is 11.1 Å². The van der Waals surface area contributed by atoms with E-state index in [-0.39, 0.29) is 5.75 Å². The van der Waals surface area contributed by atoms with E-state index in [1.165, 1.54) is 0 Å². The van der Waals surface area contributed by atoms with Crippen molar-refractivity contribution in [2.75, 3.05) is 5.73 Å². The summed E-state index contributed by atoms with van der Waals surface area (Å²) in [6.45, 7) is 3.84. The normalized spacial score (nSPS) is 10.5. The van der Waals surface area contributed by atoms with Crippen molar-refractivity contribution in [3.8, 4) is 16.9 Å². The number of hydrogen-bond donors (Lipinski definition) is 3. The van der Waals surface area contributed by atoms with Crippen molar-refractivity contribution in [2.45, 2.75) is 13.8 Å². The highest BCUT2D eigenvalue weighted by Crippen LogP contribution is 2.35. The number of nitrogen functional groups attached to an aromatic ring is 1. The monoisotopic (exact) mass is 203 g/mol. The molecule has 4 N–H and O–H groups in total. The Balaban J connectivity index is 2.68. The van der Waals surface area contributed by atoms with Crippen LogP contribution in [-0.4, -0.2) is 15.3 Å². The molecule has 0 aliphatic carbocycles. The first kappa shape index (κ1) is 9.58. The highest BCUT2D eigenvalue weighted by molar-refractivity contribution is 5.79. The molecule has 1 aromatic heterocycles. The van der Waals surface area contributed by atoms with Gasteiger partial charge in [-0.1, -0.05) is 6.07 Å². The average Bonchev–Trinajstić information content (AvgIpc) is 2.58. The van der Waals surface area contributed by atoms with Gasteiger partial charge in [-0.15, -0.1) is 0 Å². The minimum Gasteiger partial charge on any atom is -0.507 e. The van der Waals surface area contributed by atoms with E-state index in [1.807, 2.05) is 26.0 Å². The summed E-state index contributed by atoms with van der Waals surface area (Å²) >= 11 is 0. The van der Waals surface area contributed by atoms with Gasteiger partial charge >= 0.3 is 0 Å². The number of aromatic hydroxyl groups is 1. The molecule has 0 spiro atoms. The van der Waals surface area contributed by atoms with Crippen LogP contribution in [0.5, 0.6) is 5.75 Å². The predicted octanol–water partition coefficient (Wildman–Crippen LogP) is 1.98. The van der Waals surface area contributed by atoms with E-state index in [0.717, 1.165) is 22.3 Å². The number of hydrogen-bond acceptors (Lipinski definition) is 3. The molecule has 4 heteroatoms. The molecule has 0 radical (unpaired) electrons. The van der Waals surface area contributed by atoms with Gasteiger partial charge in [0, 0.05) is 11.1 Å². The van der Waals surface area contributed by atoms with Crippen LogP contribution < -0.4 is 5.73 Å². The second-order valence-electron chi connectivity index (χ2n) is 3.68. The summed E-state index contributed by atoms with van der Waals surface area (Å²) in [5.74, 6) is 0.726. The van der Waals surface area contributed by atoms with Crippen LogP contribution >= 0.6 is 0 Å². The Labute approximate surface area is 87.7 Å². The smallest absolute Gasteiger partial charge is 0.126 e. The lowest BCUT2D eigenvalue weighted by Crippen LogP contribution is -1.90. The maximum absolute atomic E-state index is 9.92. The molecule has 2 rings (SSSR count). The van der Waals surface area contributed by atoms with Crippen LogP contribution in [0.3, 0.4) is 0 Å². The zero-order chi connectivity index (χ0) is 11.0. The van der Waals surface area contributed by atoms with Gasteiger partial charge in [-0.05, 0) is 31.0 Å². The molecule has 4 nitrogen and oxygen atoms in total. The fourth-order valence-corrected chi connectivity index (χ4v) is 1.68. The molecule has 15 heavy (non-hydrogen) atoms. The largest absolute Gasteiger partial charge is 0.507 e. The summed E-state index contributed by atoms with van der Waals surface area (Å²) in [6.07, 6.45) is 1.61. The zero-order valence-corrected chi connectivity index (χ0v) is 8.70. The van der Waals surface area contributed by atoms with Gasteiger partial charge in [0.15, 0.2) is 0 Å². The Kier molecular flexibility index (Phi) is 2.11. The second-order valence-corrected chi connectivity index (χ2v) is 3.68. The summed E-state index contributed by atoms with van der Waals surface area (Å²) in [7, 11) is 0. The van der Waals surface area contributed by atoms with Gasteiger partial charge in [-0.3, -0.25) is 5.10 Å². The molecule has 0 aliphatic heterocycles. The van der Waals surface area contributed by atoms with Gasteiger partial charge in [-0.25, -0.2) is 0 Å². The molecule has 0 saturated carbocycles. The first-order chi connectivity index (χ1) is 7.09. The van der Waals surface area contributed by atoms with Crippen LogP contribution in [0.1, 0.15) is 11.1 Å². The Hall–Kier alpha value is -1.97. The lowest BCUT2D eigenvalue weighted by Gasteiger charge is -2.07. The van der Waals surface area contributed by atoms with Crippen molar-refractivity contribution >= 4 is 5.82 Å². The summed E-state index contributed by atoms with van der Waals surface area (Å²) in [6, 6.07) is 3.82. The summed E-state index contributed by atoms with van der Waals surface area (Å²) in [4.78, 5) is 0. The van der Waals surface area contributed by atoms with Gasteiger partial charge in [-0.2, -0.15) is 5.10 Å². The number of rotatable bonds is 1. The second kappa shape index (κ2) is 3.31. The number of benzene rings is 1. The zero-order valence-electron chi connectivity index (χ0n) is 8.70. The lowest BCUT2D eigenvalue weighted by molar-refractivity contribution is 0.473. The maximum atomic E-state index is 9.92. The van der Waals surface area contributed by atoms with Gasteiger partial charge in [0.05, 0.1) is 6.20 Å². The quantitative estimate of drug-likeness (QED) is 0.663. The Morgan fingerprint density at radius 3 is 2.60 bits per heavy atom. The topological polar surface area (TPSA) is 74.9 Å². The molecule has 0 aliphatic rings. The minimum atomic E-state index is 0.258. The number of aryl methyl sites for hydroxylation is 2. The molecule has 1 heterocycles. The number of nitrogens with zero attached hydrogens (tertiary/aromatic N) is 1. The van der Waals surface area contributed by atoms with Crippen LogP contribution in [0.2, 0.25) is 0 Å². The number of anilines is 1. The summed E-state index contributed by atoms with van der Waals surface area (Å²) in [5.41, 5.74) is 9.09. The number of aromatic amines is 1. The van der Waals surface area contributed by atoms with Gasteiger partial charge in [0.25, 0.3) is 0 Å². The number of aromatic nitrogens is 2. The van der Waals surface area contributed by atoms with E-state index in [4.69, 9.17) is 5.73 Å². The number of nitrogens with one attached hydrogen (secondary N) is 1. The maximum Gasteiger partial charge on any atom is 0.126 e. The molecular formula is C11H13N3O. The van der Waals surface area contributed by atoms with Gasteiger partial charge in [0.2, 0.25) is 0 Å². The Morgan fingerprint density at radius 2 is 2.00 bits per heavy atom. The van der Waals surface area contributed by atoms with Crippen molar-refractivity contribution in [1.29, 1.82) is 0 Å². The molecule has 0 saturated heterocycles. The molecule has 0 unspecified atom stereocenters. The molecule has 78 valence electrons. The van der Waals surface area contributed by atoms with E-state index in [2.05, 4.69) is 10.2 Å². The highest BCUT2D eigenvalue weighted by atomic mass is 16.3. The minimum absolute atomic E-state index is 0.258. The first-order valence-electron chi connectivity index (χ1n) is 4.69. The van der Waals surface area contributed by atoms with Crippen LogP contribution in [-0.2, 0) is 0 Å². The third-order valence-corrected chi connectivity index (χ3v) is 2.40. The molecule has 0 amide bonds. The molecule has 2 aromatic rings. The van der Waals surface area contributed by atoms with Crippen molar-refractivity contribution in [3.63, 3.8) is 0 Å². The summed E-state index contributed by atoms with van der Waals surface area (Å²) in [5, 5.41) is 16.4. The van der Waals surface area contributed by atoms with Crippen molar-refractivity contribution < 1.29 is 5.11 Å². The number of H-pyrrole nitrogens is 1. The highest BCUT2D eigenvalue weighted by Gasteiger charge is 2.11. The van der Waals surface area contributed by atoms with E-state index in [9.17, 15) is 5.11 Å². The lowest BCUT2D eigenvalue weighted by atomic mass is 10.0. The molecular weight excluding hydrogens is 190 g/mol. The standard InChI is InChI=1S/C11H13N3O/c1-6-3-7(2)10(15)8(4-6)9-5-13-14-11(9)12/h3-5,15H,1-2H3,(H3,12,13,14). The molecule has 0 bridgehead atoms. The van der Waals surface area contributed by atoms with Gasteiger partial charge < -0.3 is 10.8 Å². The Bertz CT molecular complexity index is 503. The van der Waals surface area contributed by atoms with Crippen LogP contribution in [0.4, 0.5) is 5.82 Å². The predicted molar refractivity (Wildman–Crippen MR) is 59.6 cm³/mol. The number of phenols is 1. The van der Waals surface area contributed by atoms with Crippen LogP contribution in [0.15, 0.2) is 18.3 Å². The Morgan fingerprint density at radius 1 is 1.27 bits per heavy atom. The number of nitrogens with two attached hydrogens (primary N) is 1. The van der Waals surface area contributed by atoms with E-state index in [1.54, 1.807) is 6.20 Å². The molecule has 0 atom stereocenters. The van der Waals surface area contributed by atoms with Crippen LogP contribution in [0, 0.1) is 13.8 Å². The fourth-order valence-electron chi connectivity index (χ4n) is 1.68.